The Kier molecular flexibility index (Phi) is 4.21. The van der Waals surface area contributed by atoms with Crippen LogP contribution in [-0.4, -0.2) is 23.6 Å². The first-order valence-electron chi connectivity index (χ1n) is 4.95. The molecule has 0 unspecified atom stereocenters. The molecule has 5 heteroatoms. The molecule has 0 aliphatic carbocycles. The van der Waals surface area contributed by atoms with E-state index in [-0.39, 0.29) is 6.09 Å². The second kappa shape index (κ2) is 5.06. The molecular formula is C11H16ClNO2S. The molecule has 1 rings (SSSR count). The molecule has 0 atom stereocenters. The summed E-state index contributed by atoms with van der Waals surface area (Å²) in [5.74, 6) is 0. The molecule has 1 amide bonds. The van der Waals surface area contributed by atoms with E-state index in [0.717, 1.165) is 9.90 Å². The van der Waals surface area contributed by atoms with E-state index in [9.17, 15) is 4.79 Å². The van der Waals surface area contributed by atoms with Gasteiger partial charge >= 0.3 is 6.09 Å². The van der Waals surface area contributed by atoms with Crippen LogP contribution in [0.25, 0.3) is 0 Å². The minimum atomic E-state index is -0.468. The number of rotatable bonds is 2. The summed E-state index contributed by atoms with van der Waals surface area (Å²) in [5.41, 5.74) is 0.476. The number of carbonyl (C=O) groups excluding carboxylic acids is 1. The number of ether oxygens (including phenoxy) is 1. The van der Waals surface area contributed by atoms with Crippen molar-refractivity contribution >= 4 is 29.0 Å². The summed E-state index contributed by atoms with van der Waals surface area (Å²) in [6.45, 7) is 6.00. The van der Waals surface area contributed by atoms with Crippen molar-refractivity contribution in [2.45, 2.75) is 32.9 Å². The first-order valence-corrected chi connectivity index (χ1v) is 6.21. The zero-order chi connectivity index (χ0) is 12.3. The summed E-state index contributed by atoms with van der Waals surface area (Å²) < 4.78 is 5.95. The molecule has 0 saturated heterocycles. The van der Waals surface area contributed by atoms with Crippen molar-refractivity contribution in [1.82, 2.24) is 4.90 Å². The number of hydrogen-bond donors (Lipinski definition) is 0. The van der Waals surface area contributed by atoms with E-state index in [1.807, 2.05) is 32.2 Å². The van der Waals surface area contributed by atoms with Gasteiger partial charge < -0.3 is 9.64 Å². The highest BCUT2D eigenvalue weighted by atomic mass is 35.5. The van der Waals surface area contributed by atoms with Crippen molar-refractivity contribution in [3.63, 3.8) is 0 Å². The molecule has 1 heterocycles. The van der Waals surface area contributed by atoms with E-state index in [2.05, 4.69) is 0 Å². The Balaban J connectivity index is 2.56. The van der Waals surface area contributed by atoms with Crippen LogP contribution in [0.1, 0.15) is 26.3 Å². The highest BCUT2D eigenvalue weighted by molar-refractivity contribution is 7.14. The van der Waals surface area contributed by atoms with Gasteiger partial charge in [-0.3, -0.25) is 0 Å². The minimum Gasteiger partial charge on any atom is -0.444 e. The molecule has 0 aliphatic heterocycles. The van der Waals surface area contributed by atoms with Gasteiger partial charge in [-0.05, 0) is 32.2 Å². The first-order chi connectivity index (χ1) is 7.29. The third-order valence-electron chi connectivity index (χ3n) is 1.81. The largest absolute Gasteiger partial charge is 0.444 e. The van der Waals surface area contributed by atoms with Gasteiger partial charge in [0.15, 0.2) is 0 Å². The molecule has 0 aromatic carbocycles. The molecular weight excluding hydrogens is 246 g/mol. The summed E-state index contributed by atoms with van der Waals surface area (Å²) in [6.07, 6.45) is -0.338. The van der Waals surface area contributed by atoms with E-state index in [4.69, 9.17) is 16.3 Å². The number of nitrogens with zero attached hydrogens (tertiary/aromatic N) is 1. The van der Waals surface area contributed by atoms with Gasteiger partial charge in [-0.15, -0.1) is 11.3 Å². The van der Waals surface area contributed by atoms with E-state index in [0.29, 0.717) is 6.54 Å². The lowest BCUT2D eigenvalue weighted by Crippen LogP contribution is -2.33. The fraction of sp³-hybridized carbons (Fsp3) is 0.545. The fourth-order valence-corrected chi connectivity index (χ4v) is 2.00. The second-order valence-electron chi connectivity index (χ2n) is 4.56. The first kappa shape index (κ1) is 13.3. The molecule has 0 spiro atoms. The maximum Gasteiger partial charge on any atom is 0.410 e. The van der Waals surface area contributed by atoms with Crippen LogP contribution in [0.3, 0.4) is 0 Å². The van der Waals surface area contributed by atoms with Crippen LogP contribution in [0, 0.1) is 0 Å². The van der Waals surface area contributed by atoms with Crippen molar-refractivity contribution in [3.05, 3.63) is 21.3 Å². The second-order valence-corrected chi connectivity index (χ2v) is 6.07. The molecule has 0 bridgehead atoms. The van der Waals surface area contributed by atoms with Crippen molar-refractivity contribution in [3.8, 4) is 0 Å². The molecule has 3 nitrogen and oxygen atoms in total. The number of hydrogen-bond acceptors (Lipinski definition) is 3. The summed E-state index contributed by atoms with van der Waals surface area (Å²) in [4.78, 5) is 13.2. The predicted octanol–water partition coefficient (Wildman–Crippen LogP) is 3.77. The molecule has 0 radical (unpaired) electrons. The Morgan fingerprint density at radius 1 is 1.56 bits per heavy atom. The molecule has 0 N–H and O–H groups in total. The molecule has 90 valence electrons. The van der Waals surface area contributed by atoms with Crippen LogP contribution < -0.4 is 0 Å². The molecule has 1 aromatic heterocycles. The van der Waals surface area contributed by atoms with E-state index < -0.39 is 5.60 Å². The summed E-state index contributed by atoms with van der Waals surface area (Å²) in [5, 5.41) is 1.90. The van der Waals surface area contributed by atoms with Gasteiger partial charge in [0, 0.05) is 12.6 Å². The topological polar surface area (TPSA) is 29.5 Å². The van der Waals surface area contributed by atoms with Gasteiger partial charge in [0.2, 0.25) is 0 Å². The Labute approximate surface area is 105 Å². The van der Waals surface area contributed by atoms with Crippen molar-refractivity contribution in [2.24, 2.45) is 0 Å². The van der Waals surface area contributed by atoms with Crippen LogP contribution in [0.5, 0.6) is 0 Å². The van der Waals surface area contributed by atoms with Crippen molar-refractivity contribution in [1.29, 1.82) is 0 Å². The maximum absolute atomic E-state index is 11.7. The number of amides is 1. The van der Waals surface area contributed by atoms with Crippen molar-refractivity contribution in [2.75, 3.05) is 7.05 Å². The highest BCUT2D eigenvalue weighted by Crippen LogP contribution is 2.24. The van der Waals surface area contributed by atoms with Crippen LogP contribution >= 0.6 is 22.9 Å². The molecule has 1 aromatic rings. The smallest absolute Gasteiger partial charge is 0.410 e. The summed E-state index contributed by atoms with van der Waals surface area (Å²) >= 11 is 7.42. The number of halogens is 1. The Hall–Kier alpha value is -0.740. The van der Waals surface area contributed by atoms with Gasteiger partial charge in [-0.1, -0.05) is 11.6 Å². The standard InChI is InChI=1S/C11H16ClNO2S/c1-11(2,3)15-10(14)13(4)7-8-5-6-16-9(8)12/h5-6H,7H2,1-4H3. The minimum absolute atomic E-state index is 0.338. The zero-order valence-corrected chi connectivity index (χ0v) is 11.5. The lowest BCUT2D eigenvalue weighted by Gasteiger charge is -2.24. The monoisotopic (exact) mass is 261 g/mol. The highest BCUT2D eigenvalue weighted by Gasteiger charge is 2.20. The van der Waals surface area contributed by atoms with Crippen LogP contribution in [0.15, 0.2) is 11.4 Å². The molecule has 0 fully saturated rings. The maximum atomic E-state index is 11.7. The number of carbonyl (C=O) groups is 1. The van der Waals surface area contributed by atoms with Crippen molar-refractivity contribution < 1.29 is 9.53 Å². The fourth-order valence-electron chi connectivity index (χ4n) is 1.09. The van der Waals surface area contributed by atoms with Gasteiger partial charge in [0.1, 0.15) is 5.60 Å². The third-order valence-corrected chi connectivity index (χ3v) is 3.06. The van der Waals surface area contributed by atoms with Crippen LogP contribution in [0.4, 0.5) is 4.79 Å². The van der Waals surface area contributed by atoms with Crippen LogP contribution in [-0.2, 0) is 11.3 Å². The average Bonchev–Trinajstić information content (AvgIpc) is 2.49. The Bertz CT molecular complexity index is 370. The predicted molar refractivity (Wildman–Crippen MR) is 67.0 cm³/mol. The van der Waals surface area contributed by atoms with E-state index in [1.165, 1.54) is 16.2 Å². The van der Waals surface area contributed by atoms with Gasteiger partial charge in [-0.25, -0.2) is 4.79 Å². The zero-order valence-electron chi connectivity index (χ0n) is 9.91. The quantitative estimate of drug-likeness (QED) is 0.811. The van der Waals surface area contributed by atoms with E-state index >= 15 is 0 Å². The van der Waals surface area contributed by atoms with Gasteiger partial charge in [0.25, 0.3) is 0 Å². The third kappa shape index (κ3) is 4.02. The normalized spacial score (nSPS) is 11.3. The Morgan fingerprint density at radius 2 is 2.19 bits per heavy atom. The molecule has 0 saturated carbocycles. The number of thiophene rings is 1. The summed E-state index contributed by atoms with van der Waals surface area (Å²) in [6, 6.07) is 1.91. The van der Waals surface area contributed by atoms with Gasteiger partial charge in [-0.2, -0.15) is 0 Å². The Morgan fingerprint density at radius 3 is 2.62 bits per heavy atom. The molecule has 16 heavy (non-hydrogen) atoms. The average molecular weight is 262 g/mol. The van der Waals surface area contributed by atoms with Gasteiger partial charge in [0.05, 0.1) is 10.9 Å². The lowest BCUT2D eigenvalue weighted by atomic mass is 10.2. The lowest BCUT2D eigenvalue weighted by molar-refractivity contribution is 0.0285. The molecule has 0 aliphatic rings. The SMILES string of the molecule is CN(Cc1ccsc1Cl)C(=O)OC(C)(C)C. The van der Waals surface area contributed by atoms with E-state index in [1.54, 1.807) is 7.05 Å². The summed E-state index contributed by atoms with van der Waals surface area (Å²) in [7, 11) is 1.70. The van der Waals surface area contributed by atoms with Crippen LogP contribution in [0.2, 0.25) is 4.34 Å².